The van der Waals surface area contributed by atoms with Crippen molar-refractivity contribution in [1.82, 2.24) is 10.6 Å². The van der Waals surface area contributed by atoms with Gasteiger partial charge in [-0.05, 0) is 45.2 Å². The highest BCUT2D eigenvalue weighted by atomic mass is 16.3. The fourth-order valence-corrected chi connectivity index (χ4v) is 3.62. The van der Waals surface area contributed by atoms with E-state index in [4.69, 9.17) is 0 Å². The predicted molar refractivity (Wildman–Crippen MR) is 75.8 cm³/mol. The minimum atomic E-state index is -0.180. The molecule has 2 aliphatic rings. The van der Waals surface area contributed by atoms with E-state index in [0.29, 0.717) is 6.54 Å². The number of hydrogen-bond donors (Lipinski definition) is 3. The lowest BCUT2D eigenvalue weighted by molar-refractivity contribution is -0.133. The molecule has 0 radical (unpaired) electrons. The van der Waals surface area contributed by atoms with Crippen molar-refractivity contribution in [3.05, 3.63) is 0 Å². The summed E-state index contributed by atoms with van der Waals surface area (Å²) in [5.41, 5.74) is -0.224. The van der Waals surface area contributed by atoms with Crippen LogP contribution in [0.25, 0.3) is 0 Å². The van der Waals surface area contributed by atoms with Gasteiger partial charge in [0.2, 0.25) is 5.91 Å². The van der Waals surface area contributed by atoms with Gasteiger partial charge in [0.05, 0.1) is 12.0 Å². The summed E-state index contributed by atoms with van der Waals surface area (Å²) >= 11 is 0. The number of carbonyl (C=O) groups excluding carboxylic acids is 1. The Hall–Kier alpha value is -0.610. The zero-order chi connectivity index (χ0) is 13.8. The lowest BCUT2D eigenvalue weighted by atomic mass is 9.75. The smallest absolute Gasteiger partial charge is 0.226 e. The first-order valence-corrected chi connectivity index (χ1v) is 7.76. The molecular weight excluding hydrogens is 240 g/mol. The number of piperidine rings is 1. The largest absolute Gasteiger partial charge is 0.396 e. The summed E-state index contributed by atoms with van der Waals surface area (Å²) < 4.78 is 0. The molecule has 1 aliphatic heterocycles. The molecule has 4 nitrogen and oxygen atoms in total. The third-order valence-corrected chi connectivity index (χ3v) is 5.34. The van der Waals surface area contributed by atoms with Crippen LogP contribution in [0.3, 0.4) is 0 Å². The quantitative estimate of drug-likeness (QED) is 0.707. The molecule has 0 spiro atoms. The van der Waals surface area contributed by atoms with Crippen LogP contribution < -0.4 is 10.6 Å². The first kappa shape index (κ1) is 14.8. The molecule has 0 atom stereocenters. The highest BCUT2D eigenvalue weighted by Gasteiger charge is 2.40. The third kappa shape index (κ3) is 3.11. The van der Waals surface area contributed by atoms with Crippen molar-refractivity contribution >= 4 is 5.91 Å². The molecule has 2 fully saturated rings. The average molecular weight is 268 g/mol. The summed E-state index contributed by atoms with van der Waals surface area (Å²) in [5, 5.41) is 16.1. The normalized spacial score (nSPS) is 25.2. The number of hydrogen-bond acceptors (Lipinski definition) is 3. The monoisotopic (exact) mass is 268 g/mol. The van der Waals surface area contributed by atoms with Gasteiger partial charge >= 0.3 is 0 Å². The van der Waals surface area contributed by atoms with Gasteiger partial charge in [-0.2, -0.15) is 0 Å². The SMILES string of the molecule is CCC1(C(=O)NCC2(CO)CCCC2)CCNCC1. The maximum Gasteiger partial charge on any atom is 0.226 e. The molecule has 0 bridgehead atoms. The van der Waals surface area contributed by atoms with Crippen LogP contribution in [0.4, 0.5) is 0 Å². The molecular formula is C15H28N2O2. The van der Waals surface area contributed by atoms with Crippen LogP contribution in [0, 0.1) is 10.8 Å². The number of aliphatic hydroxyl groups excluding tert-OH is 1. The molecule has 0 unspecified atom stereocenters. The minimum absolute atomic E-state index is 0.0441. The number of aliphatic hydroxyl groups is 1. The fourth-order valence-electron chi connectivity index (χ4n) is 3.62. The van der Waals surface area contributed by atoms with Gasteiger partial charge in [-0.25, -0.2) is 0 Å². The van der Waals surface area contributed by atoms with Crippen LogP contribution in [-0.4, -0.2) is 37.3 Å². The lowest BCUT2D eigenvalue weighted by Gasteiger charge is -2.37. The van der Waals surface area contributed by atoms with E-state index in [1.165, 1.54) is 12.8 Å². The van der Waals surface area contributed by atoms with Crippen molar-refractivity contribution in [3.63, 3.8) is 0 Å². The molecule has 3 N–H and O–H groups in total. The van der Waals surface area contributed by atoms with Crippen LogP contribution in [0.2, 0.25) is 0 Å². The topological polar surface area (TPSA) is 61.4 Å². The van der Waals surface area contributed by atoms with Gasteiger partial charge in [-0.15, -0.1) is 0 Å². The number of nitrogens with one attached hydrogen (secondary N) is 2. The molecule has 4 heteroatoms. The highest BCUT2D eigenvalue weighted by molar-refractivity contribution is 5.82. The van der Waals surface area contributed by atoms with Crippen molar-refractivity contribution in [2.45, 2.75) is 51.9 Å². The van der Waals surface area contributed by atoms with Gasteiger partial charge in [-0.3, -0.25) is 4.79 Å². The molecule has 0 aromatic carbocycles. The van der Waals surface area contributed by atoms with E-state index in [9.17, 15) is 9.90 Å². The second kappa shape index (κ2) is 6.23. The Morgan fingerprint density at radius 1 is 1.21 bits per heavy atom. The first-order valence-electron chi connectivity index (χ1n) is 7.76. The molecule has 2 rings (SSSR count). The second-order valence-corrected chi connectivity index (χ2v) is 6.43. The van der Waals surface area contributed by atoms with Crippen molar-refractivity contribution in [2.75, 3.05) is 26.2 Å². The van der Waals surface area contributed by atoms with Gasteiger partial charge < -0.3 is 15.7 Å². The van der Waals surface area contributed by atoms with Crippen LogP contribution in [0.5, 0.6) is 0 Å². The van der Waals surface area contributed by atoms with E-state index in [-0.39, 0.29) is 23.3 Å². The van der Waals surface area contributed by atoms with E-state index in [1.54, 1.807) is 0 Å². The number of rotatable bonds is 5. The van der Waals surface area contributed by atoms with Crippen LogP contribution in [0.1, 0.15) is 51.9 Å². The van der Waals surface area contributed by atoms with Gasteiger partial charge in [-0.1, -0.05) is 19.8 Å². The number of carbonyl (C=O) groups is 1. The van der Waals surface area contributed by atoms with E-state index < -0.39 is 0 Å². The first-order chi connectivity index (χ1) is 9.16. The van der Waals surface area contributed by atoms with E-state index >= 15 is 0 Å². The molecule has 1 aliphatic carbocycles. The molecule has 0 aromatic rings. The van der Waals surface area contributed by atoms with E-state index in [0.717, 1.165) is 45.2 Å². The summed E-state index contributed by atoms with van der Waals surface area (Å²) in [5.74, 6) is 0.205. The second-order valence-electron chi connectivity index (χ2n) is 6.43. The van der Waals surface area contributed by atoms with Crippen molar-refractivity contribution in [2.24, 2.45) is 10.8 Å². The number of amides is 1. The van der Waals surface area contributed by atoms with E-state index in [1.807, 2.05) is 0 Å². The average Bonchev–Trinajstić information content (AvgIpc) is 2.95. The van der Waals surface area contributed by atoms with Gasteiger partial charge in [0.15, 0.2) is 0 Å². The Morgan fingerprint density at radius 3 is 2.37 bits per heavy atom. The van der Waals surface area contributed by atoms with Crippen LogP contribution in [0.15, 0.2) is 0 Å². The highest BCUT2D eigenvalue weighted by Crippen LogP contribution is 2.38. The van der Waals surface area contributed by atoms with Crippen molar-refractivity contribution in [1.29, 1.82) is 0 Å². The van der Waals surface area contributed by atoms with Gasteiger partial charge in [0.25, 0.3) is 0 Å². The molecule has 1 heterocycles. The predicted octanol–water partition coefficient (Wildman–Crippen LogP) is 1.44. The molecule has 1 saturated carbocycles. The lowest BCUT2D eigenvalue weighted by Crippen LogP contribution is -2.50. The summed E-state index contributed by atoms with van der Waals surface area (Å²) in [6.45, 7) is 4.84. The summed E-state index contributed by atoms with van der Waals surface area (Å²) in [4.78, 5) is 12.5. The zero-order valence-electron chi connectivity index (χ0n) is 12.1. The van der Waals surface area contributed by atoms with Gasteiger partial charge in [0, 0.05) is 12.0 Å². The summed E-state index contributed by atoms with van der Waals surface area (Å²) in [6.07, 6.45) is 7.23. The van der Waals surface area contributed by atoms with Gasteiger partial charge in [0.1, 0.15) is 0 Å². The molecule has 110 valence electrons. The van der Waals surface area contributed by atoms with Crippen molar-refractivity contribution < 1.29 is 9.90 Å². The molecule has 1 amide bonds. The Balaban J connectivity index is 1.92. The maximum absolute atomic E-state index is 12.5. The van der Waals surface area contributed by atoms with Crippen molar-refractivity contribution in [3.8, 4) is 0 Å². The molecule has 0 aromatic heterocycles. The van der Waals surface area contributed by atoms with Crippen LogP contribution in [-0.2, 0) is 4.79 Å². The third-order valence-electron chi connectivity index (χ3n) is 5.34. The minimum Gasteiger partial charge on any atom is -0.396 e. The van der Waals surface area contributed by atoms with E-state index in [2.05, 4.69) is 17.6 Å². The Kier molecular flexibility index (Phi) is 4.85. The zero-order valence-corrected chi connectivity index (χ0v) is 12.1. The maximum atomic E-state index is 12.5. The van der Waals surface area contributed by atoms with Crippen LogP contribution >= 0.6 is 0 Å². The molecule has 19 heavy (non-hydrogen) atoms. The molecule has 1 saturated heterocycles. The Labute approximate surface area is 116 Å². The summed E-state index contributed by atoms with van der Waals surface area (Å²) in [7, 11) is 0. The Bertz CT molecular complexity index is 305. The summed E-state index contributed by atoms with van der Waals surface area (Å²) in [6, 6.07) is 0. The Morgan fingerprint density at radius 2 is 1.84 bits per heavy atom. The standard InChI is InChI=1S/C15H28N2O2/c1-2-15(7-9-16-10-8-15)13(19)17-11-14(12-18)5-3-4-6-14/h16,18H,2-12H2,1H3,(H,17,19). The fraction of sp³-hybridized carbons (Fsp3) is 0.933.